The number of hydrogen-bond donors (Lipinski definition) is 3. The first-order valence-electron chi connectivity index (χ1n) is 9.53. The van der Waals surface area contributed by atoms with E-state index in [-0.39, 0.29) is 6.42 Å². The molecule has 0 aromatic heterocycles. The Bertz CT molecular complexity index is 973. The van der Waals surface area contributed by atoms with Crippen molar-refractivity contribution in [2.24, 2.45) is 0 Å². The zero-order valence-electron chi connectivity index (χ0n) is 16.4. The summed E-state index contributed by atoms with van der Waals surface area (Å²) in [6.07, 6.45) is 6.05. The monoisotopic (exact) mass is 438 g/mol. The average Bonchev–Trinajstić information content (AvgIpc) is 2.64. The predicted octanol–water partition coefficient (Wildman–Crippen LogP) is 4.93. The van der Waals surface area contributed by atoms with E-state index in [2.05, 4.69) is 31.2 Å². The molecule has 0 unspecified atom stereocenters. The minimum absolute atomic E-state index is 0.0754. The fourth-order valence-electron chi connectivity index (χ4n) is 3.04. The van der Waals surface area contributed by atoms with Crippen molar-refractivity contribution in [1.29, 1.82) is 0 Å². The summed E-state index contributed by atoms with van der Waals surface area (Å²) < 4.78 is 41.2. The highest BCUT2D eigenvalue weighted by Crippen LogP contribution is 2.47. The van der Waals surface area contributed by atoms with Crippen molar-refractivity contribution >= 4 is 17.7 Å². The lowest BCUT2D eigenvalue weighted by molar-refractivity contribution is 0.383. The molecule has 158 valence electrons. The number of benzene rings is 2. The number of hydrogen-bond acceptors (Lipinski definition) is 3. The van der Waals surface area contributed by atoms with Gasteiger partial charge < -0.3 is 9.79 Å². The molecule has 2 aromatic rings. The van der Waals surface area contributed by atoms with Crippen LogP contribution in [-0.4, -0.2) is 22.8 Å². The van der Waals surface area contributed by atoms with Crippen LogP contribution in [0.5, 0.6) is 0 Å². The number of unbranched alkanes of at least 4 members (excludes halogenated alkanes) is 2. The highest BCUT2D eigenvalue weighted by atomic mass is 32.2. The van der Waals surface area contributed by atoms with E-state index in [1.54, 1.807) is 0 Å². The van der Waals surface area contributed by atoms with Gasteiger partial charge in [-0.15, -0.1) is 0 Å². The number of rotatable bonds is 10. The number of aryl methyl sites for hydroxylation is 2. The standard InChI is InChI=1S/C21H27O6PS/c1-2-3-4-6-17-9-13-19(14-10-17)20-15-11-18(12-16-20)7-5-8-21(28(22,23)24)29(25,26)27/h8-16H,2-7H2,1H3,(H2,22,23,24)(H,25,26,27)/b21-8+. The molecule has 3 N–H and O–H groups in total. The van der Waals surface area contributed by atoms with Gasteiger partial charge in [-0.3, -0.25) is 9.12 Å². The predicted molar refractivity (Wildman–Crippen MR) is 115 cm³/mol. The van der Waals surface area contributed by atoms with Gasteiger partial charge in [-0.1, -0.05) is 74.4 Å². The summed E-state index contributed by atoms with van der Waals surface area (Å²) >= 11 is 0. The molecule has 0 spiro atoms. The normalized spacial score (nSPS) is 12.9. The summed E-state index contributed by atoms with van der Waals surface area (Å²) in [4.78, 5) is 18.1. The molecule has 0 fully saturated rings. The van der Waals surface area contributed by atoms with Crippen LogP contribution in [0.1, 0.15) is 43.7 Å². The zero-order chi connectivity index (χ0) is 21.5. The van der Waals surface area contributed by atoms with Crippen molar-refractivity contribution < 1.29 is 27.3 Å². The number of allylic oxidation sites excluding steroid dienone is 1. The second kappa shape index (κ2) is 10.3. The van der Waals surface area contributed by atoms with Crippen LogP contribution in [-0.2, 0) is 27.5 Å². The van der Waals surface area contributed by atoms with Gasteiger partial charge in [0.1, 0.15) is 0 Å². The summed E-state index contributed by atoms with van der Waals surface area (Å²) in [5.41, 5.74) is 4.37. The van der Waals surface area contributed by atoms with Gasteiger partial charge in [0, 0.05) is 0 Å². The van der Waals surface area contributed by atoms with E-state index in [0.717, 1.165) is 29.2 Å². The largest absolute Gasteiger partial charge is 0.369 e. The van der Waals surface area contributed by atoms with E-state index < -0.39 is 22.4 Å². The molecular weight excluding hydrogens is 411 g/mol. The Morgan fingerprint density at radius 3 is 1.79 bits per heavy atom. The van der Waals surface area contributed by atoms with Crippen LogP contribution in [0.25, 0.3) is 11.1 Å². The lowest BCUT2D eigenvalue weighted by Crippen LogP contribution is -2.03. The van der Waals surface area contributed by atoms with Gasteiger partial charge >= 0.3 is 17.7 Å². The summed E-state index contributed by atoms with van der Waals surface area (Å²) in [5.74, 6) is 0. The molecule has 8 heteroatoms. The van der Waals surface area contributed by atoms with E-state index >= 15 is 0 Å². The lowest BCUT2D eigenvalue weighted by Gasteiger charge is -2.07. The van der Waals surface area contributed by atoms with E-state index in [1.165, 1.54) is 24.8 Å². The second-order valence-electron chi connectivity index (χ2n) is 6.95. The molecule has 0 aliphatic carbocycles. The second-order valence-corrected chi connectivity index (χ2v) is 10.2. The molecule has 29 heavy (non-hydrogen) atoms. The molecule has 0 aliphatic rings. The molecular formula is C21H27O6PS. The van der Waals surface area contributed by atoms with E-state index in [0.29, 0.717) is 6.42 Å². The fourth-order valence-corrected chi connectivity index (χ4v) is 4.94. The molecule has 6 nitrogen and oxygen atoms in total. The van der Waals surface area contributed by atoms with Crippen LogP contribution in [0.4, 0.5) is 0 Å². The van der Waals surface area contributed by atoms with Crippen LogP contribution in [0.15, 0.2) is 59.3 Å². The SMILES string of the molecule is CCCCCc1ccc(-c2ccc(CC/C=C(\P(=O)(O)O)S(=O)(=O)O)cc2)cc1. The van der Waals surface area contributed by atoms with E-state index in [1.807, 2.05) is 24.3 Å². The Kier molecular flexibility index (Phi) is 8.37. The first kappa shape index (κ1) is 23.5. The lowest BCUT2D eigenvalue weighted by atomic mass is 9.99. The summed E-state index contributed by atoms with van der Waals surface area (Å²) in [7, 11) is -9.99. The summed E-state index contributed by atoms with van der Waals surface area (Å²) in [6, 6.07) is 16.2. The Morgan fingerprint density at radius 2 is 1.38 bits per heavy atom. The van der Waals surface area contributed by atoms with Crippen molar-refractivity contribution in [3.05, 3.63) is 70.4 Å². The first-order valence-corrected chi connectivity index (χ1v) is 12.6. The van der Waals surface area contributed by atoms with Crippen LogP contribution >= 0.6 is 7.60 Å². The molecule has 0 amide bonds. The smallest absolute Gasteiger partial charge is 0.321 e. The van der Waals surface area contributed by atoms with Crippen molar-refractivity contribution in [3.63, 3.8) is 0 Å². The molecule has 0 heterocycles. The average molecular weight is 438 g/mol. The van der Waals surface area contributed by atoms with Gasteiger partial charge in [-0.25, -0.2) is 0 Å². The highest BCUT2D eigenvalue weighted by molar-refractivity contribution is 7.98. The Hall–Kier alpha value is -1.76. The maximum atomic E-state index is 11.2. The first-order chi connectivity index (χ1) is 13.6. The van der Waals surface area contributed by atoms with E-state index in [4.69, 9.17) is 14.3 Å². The quantitative estimate of drug-likeness (QED) is 0.276. The molecule has 0 bridgehead atoms. The fraction of sp³-hybridized carbons (Fsp3) is 0.333. The maximum absolute atomic E-state index is 11.2. The minimum Gasteiger partial charge on any atom is -0.321 e. The van der Waals surface area contributed by atoms with Crippen LogP contribution in [0.3, 0.4) is 0 Å². The van der Waals surface area contributed by atoms with Gasteiger partial charge in [-0.05, 0) is 47.9 Å². The van der Waals surface area contributed by atoms with Gasteiger partial charge in [0.2, 0.25) is 0 Å². The molecule has 0 saturated carbocycles. The summed E-state index contributed by atoms with van der Waals surface area (Å²) in [6.45, 7) is 2.19. The highest BCUT2D eigenvalue weighted by Gasteiger charge is 2.31. The molecule has 0 saturated heterocycles. The summed E-state index contributed by atoms with van der Waals surface area (Å²) in [5, 5.41) is 0. The molecule has 2 aromatic carbocycles. The van der Waals surface area contributed by atoms with E-state index in [9.17, 15) is 13.0 Å². The van der Waals surface area contributed by atoms with Crippen molar-refractivity contribution in [1.82, 2.24) is 0 Å². The third-order valence-corrected chi connectivity index (χ3v) is 7.47. The molecule has 0 atom stereocenters. The Balaban J connectivity index is 2.01. The van der Waals surface area contributed by atoms with Crippen molar-refractivity contribution in [3.8, 4) is 11.1 Å². The van der Waals surface area contributed by atoms with Crippen LogP contribution < -0.4 is 0 Å². The molecule has 0 radical (unpaired) electrons. The van der Waals surface area contributed by atoms with Crippen molar-refractivity contribution in [2.45, 2.75) is 45.4 Å². The minimum atomic E-state index is -5.06. The zero-order valence-corrected chi connectivity index (χ0v) is 18.1. The van der Waals surface area contributed by atoms with Crippen molar-refractivity contribution in [2.75, 3.05) is 0 Å². The molecule has 0 aliphatic heterocycles. The van der Waals surface area contributed by atoms with Gasteiger partial charge in [0.25, 0.3) is 0 Å². The topological polar surface area (TPSA) is 112 Å². The maximum Gasteiger partial charge on any atom is 0.369 e. The van der Waals surface area contributed by atoms with Gasteiger partial charge in [-0.2, -0.15) is 8.42 Å². The van der Waals surface area contributed by atoms with Crippen LogP contribution in [0, 0.1) is 0 Å². The Labute approximate surface area is 172 Å². The Morgan fingerprint density at radius 1 is 0.897 bits per heavy atom. The van der Waals surface area contributed by atoms with Gasteiger partial charge in [0.05, 0.1) is 0 Å². The third kappa shape index (κ3) is 7.53. The van der Waals surface area contributed by atoms with Crippen LogP contribution in [0.2, 0.25) is 0 Å². The van der Waals surface area contributed by atoms with Gasteiger partial charge in [0.15, 0.2) is 4.65 Å². The third-order valence-electron chi connectivity index (χ3n) is 4.61. The molecule has 2 rings (SSSR count).